The molecule has 0 spiro atoms. The van der Waals surface area contributed by atoms with E-state index in [-0.39, 0.29) is 23.7 Å². The first-order chi connectivity index (χ1) is 12.1. The summed E-state index contributed by atoms with van der Waals surface area (Å²) in [6.45, 7) is 3.73. The van der Waals surface area contributed by atoms with Crippen molar-refractivity contribution in [1.29, 1.82) is 0 Å². The minimum Gasteiger partial charge on any atom is -0.351 e. The van der Waals surface area contributed by atoms with Crippen LogP contribution in [0.1, 0.15) is 24.6 Å². The summed E-state index contributed by atoms with van der Waals surface area (Å²) in [4.78, 5) is 12.4. The molecule has 3 aliphatic rings. The quantitative estimate of drug-likeness (QED) is 0.832. The number of nitrogens with zero attached hydrogens (tertiary/aromatic N) is 4. The van der Waals surface area contributed by atoms with Crippen molar-refractivity contribution in [2.45, 2.75) is 38.4 Å². The Morgan fingerprint density at radius 1 is 1.20 bits per heavy atom. The second-order valence-corrected chi connectivity index (χ2v) is 7.04. The number of rotatable bonds is 4. The molecule has 25 heavy (non-hydrogen) atoms. The lowest BCUT2D eigenvalue weighted by Crippen LogP contribution is -2.68. The Labute approximate surface area is 150 Å². The van der Waals surface area contributed by atoms with Gasteiger partial charge in [0.15, 0.2) is 11.6 Å². The first-order valence-electron chi connectivity index (χ1n) is 8.51. The van der Waals surface area contributed by atoms with Crippen molar-refractivity contribution < 1.29 is 8.78 Å². The summed E-state index contributed by atoms with van der Waals surface area (Å²) in [5.41, 5.74) is 0.980. The predicted molar refractivity (Wildman–Crippen MR) is 92.7 cm³/mol. The lowest BCUT2D eigenvalue weighted by atomic mass is 9.86. The van der Waals surface area contributed by atoms with E-state index in [0.717, 1.165) is 6.42 Å². The van der Waals surface area contributed by atoms with E-state index in [2.05, 4.69) is 14.9 Å². The van der Waals surface area contributed by atoms with Crippen molar-refractivity contribution in [3.8, 4) is 0 Å². The molecule has 3 aliphatic heterocycles. The average molecular weight is 365 g/mol. The number of halogens is 3. The fourth-order valence-electron chi connectivity index (χ4n) is 3.85. The highest BCUT2D eigenvalue weighted by molar-refractivity contribution is 6.31. The Morgan fingerprint density at radius 2 is 1.96 bits per heavy atom. The molecule has 7 heteroatoms. The molecule has 0 amide bonds. The molecule has 0 radical (unpaired) electrons. The smallest absolute Gasteiger partial charge is 0.187 e. The van der Waals surface area contributed by atoms with Crippen LogP contribution < -0.4 is 4.90 Å². The topological polar surface area (TPSA) is 32.3 Å². The molecule has 5 rings (SSSR count). The molecule has 0 aliphatic carbocycles. The Kier molecular flexibility index (Phi) is 4.33. The summed E-state index contributed by atoms with van der Waals surface area (Å²) >= 11 is 6.15. The zero-order chi connectivity index (χ0) is 17.6. The van der Waals surface area contributed by atoms with E-state index in [1.807, 2.05) is 11.8 Å². The molecule has 4 heterocycles. The second-order valence-electron chi connectivity index (χ2n) is 6.63. The summed E-state index contributed by atoms with van der Waals surface area (Å²) in [7, 11) is 0. The third kappa shape index (κ3) is 2.87. The van der Waals surface area contributed by atoms with Gasteiger partial charge in [0.2, 0.25) is 0 Å². The normalized spacial score (nSPS) is 22.8. The van der Waals surface area contributed by atoms with Gasteiger partial charge in [-0.1, -0.05) is 24.6 Å². The zero-order valence-electron chi connectivity index (χ0n) is 13.9. The number of aryl methyl sites for hydroxylation is 1. The number of hydrogen-bond donors (Lipinski definition) is 0. The highest BCUT2D eigenvalue weighted by Crippen LogP contribution is 2.37. The number of piperazine rings is 1. The monoisotopic (exact) mass is 364 g/mol. The van der Waals surface area contributed by atoms with Gasteiger partial charge in [-0.25, -0.2) is 18.7 Å². The van der Waals surface area contributed by atoms with E-state index in [0.29, 0.717) is 48.2 Å². The van der Waals surface area contributed by atoms with Crippen molar-refractivity contribution in [2.24, 2.45) is 0 Å². The molecular weight excluding hydrogens is 346 g/mol. The van der Waals surface area contributed by atoms with Gasteiger partial charge in [-0.15, -0.1) is 0 Å². The lowest BCUT2D eigenvalue weighted by molar-refractivity contribution is -0.00966. The van der Waals surface area contributed by atoms with E-state index in [1.165, 1.54) is 12.4 Å². The summed E-state index contributed by atoms with van der Waals surface area (Å²) in [5, 5.41) is 0.455. The maximum atomic E-state index is 14.5. The van der Waals surface area contributed by atoms with Crippen molar-refractivity contribution >= 4 is 17.4 Å². The first-order valence-corrected chi connectivity index (χ1v) is 8.89. The average Bonchev–Trinajstić information content (AvgIpc) is 2.61. The molecular formula is C18H19ClF2N4. The van der Waals surface area contributed by atoms with Crippen LogP contribution in [-0.2, 0) is 13.0 Å². The molecule has 3 saturated heterocycles. The van der Waals surface area contributed by atoms with Crippen LogP contribution in [0.15, 0.2) is 24.5 Å². The third-order valence-electron chi connectivity index (χ3n) is 5.22. The molecule has 0 saturated carbocycles. The van der Waals surface area contributed by atoms with Gasteiger partial charge in [0.1, 0.15) is 12.1 Å². The molecule has 3 fully saturated rings. The second kappa shape index (κ2) is 6.50. The van der Waals surface area contributed by atoms with Gasteiger partial charge in [0.25, 0.3) is 0 Å². The van der Waals surface area contributed by atoms with E-state index in [4.69, 9.17) is 11.6 Å². The Morgan fingerprint density at radius 3 is 2.64 bits per heavy atom. The fraction of sp³-hybridized carbons (Fsp3) is 0.444. The number of anilines is 1. The first kappa shape index (κ1) is 16.7. The van der Waals surface area contributed by atoms with Gasteiger partial charge in [-0.2, -0.15) is 0 Å². The Balaban J connectivity index is 1.50. The highest BCUT2D eigenvalue weighted by atomic mass is 35.5. The van der Waals surface area contributed by atoms with Crippen LogP contribution in [-0.4, -0.2) is 40.0 Å². The van der Waals surface area contributed by atoms with Crippen LogP contribution in [0.2, 0.25) is 5.02 Å². The van der Waals surface area contributed by atoms with Crippen molar-refractivity contribution in [3.05, 3.63) is 52.4 Å². The van der Waals surface area contributed by atoms with Crippen molar-refractivity contribution in [3.63, 3.8) is 0 Å². The van der Waals surface area contributed by atoms with Gasteiger partial charge < -0.3 is 4.90 Å². The van der Waals surface area contributed by atoms with Crippen LogP contribution in [0.25, 0.3) is 0 Å². The summed E-state index contributed by atoms with van der Waals surface area (Å²) in [5.74, 6) is -0.219. The maximum absolute atomic E-state index is 14.5. The van der Waals surface area contributed by atoms with Gasteiger partial charge in [-0.3, -0.25) is 4.90 Å². The van der Waals surface area contributed by atoms with E-state index in [1.54, 1.807) is 12.1 Å². The predicted octanol–water partition coefficient (Wildman–Crippen LogP) is 3.43. The lowest BCUT2D eigenvalue weighted by Gasteiger charge is -2.56. The molecule has 2 aromatic rings. The number of aromatic nitrogens is 2. The Bertz CT molecular complexity index is 768. The SMILES string of the molecule is CCc1ncnc(N2CC3CC(C2)N3Cc2c(F)cccc2Cl)c1F. The number of piperidine rings is 1. The van der Waals surface area contributed by atoms with Crippen molar-refractivity contribution in [1.82, 2.24) is 14.9 Å². The van der Waals surface area contributed by atoms with Gasteiger partial charge in [0.05, 0.1) is 5.69 Å². The standard InChI is InChI=1S/C18H19ClF2N4/c1-2-16-17(21)18(23-10-22-16)24-7-11-6-12(8-24)25(11)9-13-14(19)4-3-5-15(13)20/h3-5,10-12H,2,6-9H2,1H3. The number of hydrogen-bond acceptors (Lipinski definition) is 4. The highest BCUT2D eigenvalue weighted by Gasteiger charge is 2.45. The van der Waals surface area contributed by atoms with E-state index < -0.39 is 0 Å². The van der Waals surface area contributed by atoms with Gasteiger partial charge in [-0.05, 0) is 25.0 Å². The molecule has 4 nitrogen and oxygen atoms in total. The molecule has 2 unspecified atom stereocenters. The fourth-order valence-corrected chi connectivity index (χ4v) is 4.07. The van der Waals surface area contributed by atoms with Crippen LogP contribution in [0, 0.1) is 11.6 Å². The minimum absolute atomic E-state index is 0.258. The molecule has 1 aromatic heterocycles. The maximum Gasteiger partial charge on any atom is 0.187 e. The van der Waals surface area contributed by atoms with Crippen LogP contribution in [0.3, 0.4) is 0 Å². The summed E-state index contributed by atoms with van der Waals surface area (Å²) in [6, 6.07) is 5.28. The number of fused-ring (bicyclic) bond motifs is 2. The van der Waals surface area contributed by atoms with E-state index >= 15 is 0 Å². The van der Waals surface area contributed by atoms with E-state index in [9.17, 15) is 8.78 Å². The van der Waals surface area contributed by atoms with Crippen molar-refractivity contribution in [2.75, 3.05) is 18.0 Å². The molecule has 0 N–H and O–H groups in total. The third-order valence-corrected chi connectivity index (χ3v) is 5.58. The zero-order valence-corrected chi connectivity index (χ0v) is 14.7. The largest absolute Gasteiger partial charge is 0.351 e. The minimum atomic E-state index is -0.324. The molecule has 2 atom stereocenters. The van der Waals surface area contributed by atoms with Crippen LogP contribution >= 0.6 is 11.6 Å². The van der Waals surface area contributed by atoms with Gasteiger partial charge >= 0.3 is 0 Å². The number of benzene rings is 1. The molecule has 1 aromatic carbocycles. The van der Waals surface area contributed by atoms with Gasteiger partial charge in [0, 0.05) is 42.3 Å². The van der Waals surface area contributed by atoms with Crippen LogP contribution in [0.4, 0.5) is 14.6 Å². The summed E-state index contributed by atoms with van der Waals surface area (Å²) in [6.07, 6.45) is 3.00. The van der Waals surface area contributed by atoms with Crippen LogP contribution in [0.5, 0.6) is 0 Å². The summed E-state index contributed by atoms with van der Waals surface area (Å²) < 4.78 is 28.5. The molecule has 132 valence electrons. The Hall–Kier alpha value is -1.79. The molecule has 2 bridgehead atoms.